The lowest BCUT2D eigenvalue weighted by atomic mass is 10.2. The molecule has 0 aliphatic heterocycles. The van der Waals surface area contributed by atoms with E-state index in [0.29, 0.717) is 12.5 Å². The van der Waals surface area contributed by atoms with Crippen molar-refractivity contribution in [2.75, 3.05) is 6.54 Å². The lowest BCUT2D eigenvalue weighted by molar-refractivity contribution is 0.480. The van der Waals surface area contributed by atoms with Crippen LogP contribution in [0.3, 0.4) is 0 Å². The van der Waals surface area contributed by atoms with E-state index in [0.717, 1.165) is 12.2 Å². The Labute approximate surface area is 79.2 Å². The molecule has 0 aliphatic carbocycles. The standard InChI is InChI=1S/C10H17N3/c1-9(2)8-13-10(4-3-6-11)5-7-12-13/h3-5,7,9H,6,8,11H2,1-2H3/b4-3+. The van der Waals surface area contributed by atoms with Crippen molar-refractivity contribution in [2.24, 2.45) is 11.7 Å². The van der Waals surface area contributed by atoms with Crippen LogP contribution in [0.25, 0.3) is 6.08 Å². The van der Waals surface area contributed by atoms with Gasteiger partial charge in [0.05, 0.1) is 5.69 Å². The molecule has 0 saturated heterocycles. The maximum Gasteiger partial charge on any atom is 0.0607 e. The third-order valence-corrected chi connectivity index (χ3v) is 1.71. The van der Waals surface area contributed by atoms with Gasteiger partial charge in [-0.2, -0.15) is 5.10 Å². The molecule has 72 valence electrons. The molecule has 0 aliphatic rings. The molecule has 0 atom stereocenters. The Kier molecular flexibility index (Phi) is 3.71. The zero-order valence-corrected chi connectivity index (χ0v) is 8.27. The van der Waals surface area contributed by atoms with Crippen molar-refractivity contribution >= 4 is 6.08 Å². The molecular weight excluding hydrogens is 162 g/mol. The van der Waals surface area contributed by atoms with E-state index >= 15 is 0 Å². The molecule has 1 rings (SSSR count). The molecule has 0 bridgehead atoms. The Morgan fingerprint density at radius 2 is 2.38 bits per heavy atom. The summed E-state index contributed by atoms with van der Waals surface area (Å²) in [5.74, 6) is 0.616. The van der Waals surface area contributed by atoms with Crippen LogP contribution in [-0.4, -0.2) is 16.3 Å². The third kappa shape index (κ3) is 3.03. The number of hydrogen-bond acceptors (Lipinski definition) is 2. The highest BCUT2D eigenvalue weighted by atomic mass is 15.3. The summed E-state index contributed by atoms with van der Waals surface area (Å²) in [6, 6.07) is 1.99. The van der Waals surface area contributed by atoms with E-state index in [9.17, 15) is 0 Å². The fourth-order valence-corrected chi connectivity index (χ4v) is 1.17. The van der Waals surface area contributed by atoms with Gasteiger partial charge in [-0.3, -0.25) is 4.68 Å². The second-order valence-corrected chi connectivity index (χ2v) is 3.47. The van der Waals surface area contributed by atoms with E-state index < -0.39 is 0 Å². The van der Waals surface area contributed by atoms with E-state index in [1.807, 2.05) is 29.1 Å². The lowest BCUT2D eigenvalue weighted by Crippen LogP contribution is -2.07. The fourth-order valence-electron chi connectivity index (χ4n) is 1.17. The summed E-state index contributed by atoms with van der Waals surface area (Å²) in [5.41, 5.74) is 6.50. The minimum Gasteiger partial charge on any atom is -0.327 e. The quantitative estimate of drug-likeness (QED) is 0.761. The van der Waals surface area contributed by atoms with E-state index in [1.165, 1.54) is 0 Å². The van der Waals surface area contributed by atoms with Crippen LogP contribution >= 0.6 is 0 Å². The van der Waals surface area contributed by atoms with Gasteiger partial charge in [-0.15, -0.1) is 0 Å². The van der Waals surface area contributed by atoms with Crippen molar-refractivity contribution < 1.29 is 0 Å². The zero-order chi connectivity index (χ0) is 9.68. The van der Waals surface area contributed by atoms with Gasteiger partial charge in [0.15, 0.2) is 0 Å². The minimum absolute atomic E-state index is 0.576. The molecule has 0 saturated carbocycles. The van der Waals surface area contributed by atoms with Gasteiger partial charge >= 0.3 is 0 Å². The monoisotopic (exact) mass is 179 g/mol. The number of aromatic nitrogens is 2. The SMILES string of the molecule is CC(C)Cn1nccc1/C=C/CN. The lowest BCUT2D eigenvalue weighted by Gasteiger charge is -2.06. The van der Waals surface area contributed by atoms with E-state index in [-0.39, 0.29) is 0 Å². The molecular formula is C10H17N3. The molecule has 0 unspecified atom stereocenters. The summed E-state index contributed by atoms with van der Waals surface area (Å²) < 4.78 is 2.00. The molecule has 1 aromatic heterocycles. The molecule has 3 nitrogen and oxygen atoms in total. The van der Waals surface area contributed by atoms with Gasteiger partial charge in [-0.25, -0.2) is 0 Å². The Bertz CT molecular complexity index is 273. The largest absolute Gasteiger partial charge is 0.327 e. The molecule has 2 N–H and O–H groups in total. The van der Waals surface area contributed by atoms with Crippen molar-refractivity contribution in [3.8, 4) is 0 Å². The molecule has 13 heavy (non-hydrogen) atoms. The average Bonchev–Trinajstić information content (AvgIpc) is 2.48. The second kappa shape index (κ2) is 4.82. The molecule has 0 fully saturated rings. The number of nitrogens with two attached hydrogens (primary N) is 1. The van der Waals surface area contributed by atoms with Crippen LogP contribution in [0.15, 0.2) is 18.3 Å². The predicted molar refractivity (Wildman–Crippen MR) is 55.2 cm³/mol. The number of nitrogens with zero attached hydrogens (tertiary/aromatic N) is 2. The van der Waals surface area contributed by atoms with Gasteiger partial charge in [-0.1, -0.05) is 19.9 Å². The predicted octanol–water partition coefficient (Wildman–Crippen LogP) is 1.51. The number of hydrogen-bond donors (Lipinski definition) is 1. The first kappa shape index (κ1) is 9.99. The van der Waals surface area contributed by atoms with Crippen molar-refractivity contribution in [1.82, 2.24) is 9.78 Å². The molecule has 1 aromatic rings. The highest BCUT2D eigenvalue weighted by Gasteiger charge is 2.00. The number of rotatable bonds is 4. The first-order valence-corrected chi connectivity index (χ1v) is 4.62. The molecule has 0 amide bonds. The first-order chi connectivity index (χ1) is 6.24. The van der Waals surface area contributed by atoms with Crippen molar-refractivity contribution in [3.63, 3.8) is 0 Å². The summed E-state index contributed by atoms with van der Waals surface area (Å²) in [6.45, 7) is 5.89. The summed E-state index contributed by atoms with van der Waals surface area (Å²) in [4.78, 5) is 0. The van der Waals surface area contributed by atoms with Crippen molar-refractivity contribution in [2.45, 2.75) is 20.4 Å². The van der Waals surface area contributed by atoms with Crippen molar-refractivity contribution in [1.29, 1.82) is 0 Å². The van der Waals surface area contributed by atoms with Crippen molar-refractivity contribution in [3.05, 3.63) is 24.0 Å². The van der Waals surface area contributed by atoms with Crippen LogP contribution in [0.5, 0.6) is 0 Å². The average molecular weight is 179 g/mol. The van der Waals surface area contributed by atoms with Crippen LogP contribution in [0.4, 0.5) is 0 Å². The summed E-state index contributed by atoms with van der Waals surface area (Å²) >= 11 is 0. The van der Waals surface area contributed by atoms with Gasteiger partial charge < -0.3 is 5.73 Å². The molecule has 0 radical (unpaired) electrons. The Balaban J connectivity index is 2.71. The molecule has 3 heteroatoms. The van der Waals surface area contributed by atoms with Gasteiger partial charge in [0.2, 0.25) is 0 Å². The maximum atomic E-state index is 5.38. The van der Waals surface area contributed by atoms with Gasteiger partial charge in [0.1, 0.15) is 0 Å². The van der Waals surface area contributed by atoms with Crippen LogP contribution in [-0.2, 0) is 6.54 Å². The van der Waals surface area contributed by atoms with E-state index in [2.05, 4.69) is 18.9 Å². The Hall–Kier alpha value is -1.09. The minimum atomic E-state index is 0.576. The van der Waals surface area contributed by atoms with Crippen LogP contribution in [0.1, 0.15) is 19.5 Å². The van der Waals surface area contributed by atoms with E-state index in [1.54, 1.807) is 0 Å². The second-order valence-electron chi connectivity index (χ2n) is 3.47. The summed E-state index contributed by atoms with van der Waals surface area (Å²) in [7, 11) is 0. The molecule has 0 spiro atoms. The normalized spacial score (nSPS) is 11.7. The zero-order valence-electron chi connectivity index (χ0n) is 8.27. The molecule has 0 aromatic carbocycles. The molecule has 1 heterocycles. The van der Waals surface area contributed by atoms with Crippen LogP contribution < -0.4 is 5.73 Å². The third-order valence-electron chi connectivity index (χ3n) is 1.71. The van der Waals surface area contributed by atoms with Gasteiger partial charge in [0, 0.05) is 19.3 Å². The smallest absolute Gasteiger partial charge is 0.0607 e. The summed E-state index contributed by atoms with van der Waals surface area (Å²) in [6.07, 6.45) is 5.77. The van der Waals surface area contributed by atoms with Gasteiger partial charge in [-0.05, 0) is 18.1 Å². The fraction of sp³-hybridized carbons (Fsp3) is 0.500. The van der Waals surface area contributed by atoms with Crippen LogP contribution in [0, 0.1) is 5.92 Å². The van der Waals surface area contributed by atoms with Crippen LogP contribution in [0.2, 0.25) is 0 Å². The highest BCUT2D eigenvalue weighted by Crippen LogP contribution is 2.05. The Morgan fingerprint density at radius 1 is 1.62 bits per heavy atom. The van der Waals surface area contributed by atoms with Gasteiger partial charge in [0.25, 0.3) is 0 Å². The summed E-state index contributed by atoms with van der Waals surface area (Å²) in [5, 5.41) is 4.23. The first-order valence-electron chi connectivity index (χ1n) is 4.62. The highest BCUT2D eigenvalue weighted by molar-refractivity contribution is 5.44. The maximum absolute atomic E-state index is 5.38. The topological polar surface area (TPSA) is 43.8 Å². The van der Waals surface area contributed by atoms with E-state index in [4.69, 9.17) is 5.73 Å². The Morgan fingerprint density at radius 3 is 3.00 bits per heavy atom.